The van der Waals surface area contributed by atoms with E-state index in [2.05, 4.69) is 36.1 Å². The molecule has 1 N–H and O–H groups in total. The number of rotatable bonds is 7. The summed E-state index contributed by atoms with van der Waals surface area (Å²) in [7, 11) is 5.69. The lowest BCUT2D eigenvalue weighted by atomic mass is 10.0. The van der Waals surface area contributed by atoms with Gasteiger partial charge in [0.25, 0.3) is 0 Å². The molecule has 1 saturated heterocycles. The maximum atomic E-state index is 12.0. The van der Waals surface area contributed by atoms with Crippen LogP contribution in [0, 0.1) is 0 Å². The topological polar surface area (TPSA) is 44.8 Å². The predicted octanol–water partition coefficient (Wildman–Crippen LogP) is 0.554. The zero-order valence-corrected chi connectivity index (χ0v) is 13.0. The highest BCUT2D eigenvalue weighted by atomic mass is 16.5. The smallest absolute Gasteiger partial charge is 0.327 e. The van der Waals surface area contributed by atoms with Crippen LogP contribution in [0.1, 0.15) is 26.7 Å². The maximum absolute atomic E-state index is 12.0. The molecule has 0 bridgehead atoms. The zero-order chi connectivity index (χ0) is 14.5. The van der Waals surface area contributed by atoms with Crippen LogP contribution in [0.2, 0.25) is 0 Å². The Morgan fingerprint density at radius 1 is 1.53 bits per heavy atom. The second kappa shape index (κ2) is 7.22. The van der Waals surface area contributed by atoms with E-state index in [9.17, 15) is 4.79 Å². The molecule has 1 rings (SSSR count). The van der Waals surface area contributed by atoms with Crippen molar-refractivity contribution in [1.82, 2.24) is 15.1 Å². The molecule has 0 aliphatic carbocycles. The molecule has 0 saturated carbocycles. The molecule has 19 heavy (non-hydrogen) atoms. The Kier molecular flexibility index (Phi) is 6.23. The Bertz CT molecular complexity index is 296. The van der Waals surface area contributed by atoms with E-state index in [0.29, 0.717) is 12.6 Å². The highest BCUT2D eigenvalue weighted by molar-refractivity contribution is 5.80. The number of carbonyl (C=O) groups excluding carboxylic acids is 1. The van der Waals surface area contributed by atoms with Crippen molar-refractivity contribution < 1.29 is 9.53 Å². The average Bonchev–Trinajstić information content (AvgIpc) is 2.83. The van der Waals surface area contributed by atoms with Gasteiger partial charge in [-0.05, 0) is 47.0 Å². The van der Waals surface area contributed by atoms with Crippen LogP contribution in [-0.4, -0.2) is 74.7 Å². The van der Waals surface area contributed by atoms with Gasteiger partial charge in [-0.15, -0.1) is 0 Å². The number of likely N-dealkylation sites (N-methyl/N-ethyl adjacent to an activating group) is 1. The lowest BCUT2D eigenvalue weighted by Gasteiger charge is -2.32. The highest BCUT2D eigenvalue weighted by Crippen LogP contribution is 2.17. The van der Waals surface area contributed by atoms with Crippen molar-refractivity contribution in [2.24, 2.45) is 0 Å². The predicted molar refractivity (Wildman–Crippen MR) is 77.2 cm³/mol. The summed E-state index contributed by atoms with van der Waals surface area (Å²) in [5, 5.41) is 3.34. The third kappa shape index (κ3) is 4.44. The second-order valence-electron chi connectivity index (χ2n) is 5.89. The largest absolute Gasteiger partial charge is 0.468 e. The van der Waals surface area contributed by atoms with E-state index in [1.807, 2.05) is 6.92 Å². The molecule has 0 aromatic carbocycles. The minimum atomic E-state index is -0.605. The molecule has 0 radical (unpaired) electrons. The first-order chi connectivity index (χ1) is 8.92. The molecule has 2 atom stereocenters. The van der Waals surface area contributed by atoms with E-state index in [0.717, 1.165) is 32.5 Å². The Labute approximate surface area is 117 Å². The highest BCUT2D eigenvalue weighted by Gasteiger charge is 2.37. The molecule has 5 nitrogen and oxygen atoms in total. The molecule has 0 aromatic rings. The molecule has 5 heteroatoms. The SMILES string of the molecule is CCCNC(C)(CN1CCC(N(C)C)C1)C(=O)OC. The third-order valence-corrected chi connectivity index (χ3v) is 3.92. The first-order valence-electron chi connectivity index (χ1n) is 7.15. The summed E-state index contributed by atoms with van der Waals surface area (Å²) in [5.74, 6) is -0.172. The molecule has 1 fully saturated rings. The summed E-state index contributed by atoms with van der Waals surface area (Å²) < 4.78 is 4.96. The fraction of sp³-hybridized carbons (Fsp3) is 0.929. The van der Waals surface area contributed by atoms with Crippen LogP contribution in [0.5, 0.6) is 0 Å². The molecule has 0 aromatic heterocycles. The minimum Gasteiger partial charge on any atom is -0.468 e. The summed E-state index contributed by atoms with van der Waals surface area (Å²) in [5.41, 5.74) is -0.605. The van der Waals surface area contributed by atoms with Gasteiger partial charge in [-0.2, -0.15) is 0 Å². The summed E-state index contributed by atoms with van der Waals surface area (Å²) in [6.45, 7) is 7.65. The molecule has 1 aliphatic heterocycles. The zero-order valence-electron chi connectivity index (χ0n) is 13.0. The van der Waals surface area contributed by atoms with Gasteiger partial charge in [0, 0.05) is 19.1 Å². The number of nitrogens with zero attached hydrogens (tertiary/aromatic N) is 2. The van der Waals surface area contributed by atoms with E-state index in [4.69, 9.17) is 4.74 Å². The van der Waals surface area contributed by atoms with Crippen LogP contribution >= 0.6 is 0 Å². The van der Waals surface area contributed by atoms with Gasteiger partial charge in [-0.1, -0.05) is 6.92 Å². The van der Waals surface area contributed by atoms with Gasteiger partial charge in [-0.25, -0.2) is 0 Å². The van der Waals surface area contributed by atoms with Crippen molar-refractivity contribution >= 4 is 5.97 Å². The molecule has 2 unspecified atom stereocenters. The maximum Gasteiger partial charge on any atom is 0.327 e. The van der Waals surface area contributed by atoms with E-state index >= 15 is 0 Å². The van der Waals surface area contributed by atoms with Crippen LogP contribution in [0.25, 0.3) is 0 Å². The van der Waals surface area contributed by atoms with Crippen molar-refractivity contribution in [3.05, 3.63) is 0 Å². The molecule has 0 amide bonds. The molecule has 1 heterocycles. The Morgan fingerprint density at radius 3 is 2.68 bits per heavy atom. The van der Waals surface area contributed by atoms with Crippen LogP contribution in [0.4, 0.5) is 0 Å². The van der Waals surface area contributed by atoms with Crippen molar-refractivity contribution in [2.75, 3.05) is 47.4 Å². The molecule has 1 aliphatic rings. The van der Waals surface area contributed by atoms with Crippen molar-refractivity contribution in [2.45, 2.75) is 38.3 Å². The van der Waals surface area contributed by atoms with Crippen molar-refractivity contribution in [3.63, 3.8) is 0 Å². The normalized spacial score (nSPS) is 23.6. The van der Waals surface area contributed by atoms with E-state index in [-0.39, 0.29) is 5.97 Å². The van der Waals surface area contributed by atoms with Crippen molar-refractivity contribution in [1.29, 1.82) is 0 Å². The van der Waals surface area contributed by atoms with Crippen molar-refractivity contribution in [3.8, 4) is 0 Å². The Balaban J connectivity index is 2.60. The van der Waals surface area contributed by atoms with Crippen LogP contribution < -0.4 is 5.32 Å². The third-order valence-electron chi connectivity index (χ3n) is 3.92. The number of likely N-dealkylation sites (tertiary alicyclic amines) is 1. The van der Waals surface area contributed by atoms with Gasteiger partial charge < -0.3 is 15.0 Å². The van der Waals surface area contributed by atoms with Crippen LogP contribution in [0.15, 0.2) is 0 Å². The van der Waals surface area contributed by atoms with Crippen LogP contribution in [0.3, 0.4) is 0 Å². The van der Waals surface area contributed by atoms with Gasteiger partial charge in [0.1, 0.15) is 5.54 Å². The summed E-state index contributed by atoms with van der Waals surface area (Å²) in [6, 6.07) is 0.591. The number of ether oxygens (including phenoxy) is 1. The first kappa shape index (κ1) is 16.4. The van der Waals surface area contributed by atoms with Gasteiger partial charge in [0.05, 0.1) is 7.11 Å². The van der Waals surface area contributed by atoms with E-state index < -0.39 is 5.54 Å². The lowest BCUT2D eigenvalue weighted by Crippen LogP contribution is -2.57. The number of nitrogens with one attached hydrogen (secondary N) is 1. The van der Waals surface area contributed by atoms with Gasteiger partial charge in [-0.3, -0.25) is 9.69 Å². The molecular formula is C14H29N3O2. The summed E-state index contributed by atoms with van der Waals surface area (Å²) in [4.78, 5) is 16.6. The average molecular weight is 271 g/mol. The quantitative estimate of drug-likeness (QED) is 0.685. The van der Waals surface area contributed by atoms with Gasteiger partial charge in [0.15, 0.2) is 0 Å². The Hall–Kier alpha value is -0.650. The Morgan fingerprint density at radius 2 is 2.21 bits per heavy atom. The lowest BCUT2D eigenvalue weighted by molar-refractivity contribution is -0.148. The monoisotopic (exact) mass is 271 g/mol. The van der Waals surface area contributed by atoms with E-state index in [1.54, 1.807) is 0 Å². The molecular weight excluding hydrogens is 242 g/mol. The number of carbonyl (C=O) groups is 1. The number of esters is 1. The van der Waals surface area contributed by atoms with Gasteiger partial charge >= 0.3 is 5.97 Å². The molecule has 112 valence electrons. The summed E-state index contributed by atoms with van der Waals surface area (Å²) in [6.07, 6.45) is 2.17. The van der Waals surface area contributed by atoms with Gasteiger partial charge in [0.2, 0.25) is 0 Å². The first-order valence-corrected chi connectivity index (χ1v) is 7.15. The fourth-order valence-corrected chi connectivity index (χ4v) is 2.64. The molecule has 0 spiro atoms. The number of hydrogen-bond acceptors (Lipinski definition) is 5. The number of methoxy groups -OCH3 is 1. The fourth-order valence-electron chi connectivity index (χ4n) is 2.64. The summed E-state index contributed by atoms with van der Waals surface area (Å²) >= 11 is 0. The van der Waals surface area contributed by atoms with Crippen LogP contribution in [-0.2, 0) is 9.53 Å². The van der Waals surface area contributed by atoms with E-state index in [1.165, 1.54) is 7.11 Å². The number of hydrogen-bond donors (Lipinski definition) is 1. The standard InChI is InChI=1S/C14H29N3O2/c1-6-8-15-14(2,13(18)19-5)11-17-9-7-12(10-17)16(3)4/h12,15H,6-11H2,1-5H3. The minimum absolute atomic E-state index is 0.172. The second-order valence-corrected chi connectivity index (χ2v) is 5.89.